The van der Waals surface area contributed by atoms with Crippen molar-refractivity contribution in [2.45, 2.75) is 80.4 Å². The summed E-state index contributed by atoms with van der Waals surface area (Å²) in [6.45, 7) is 15.4. The van der Waals surface area contributed by atoms with Crippen molar-refractivity contribution in [3.63, 3.8) is 0 Å². The van der Waals surface area contributed by atoms with Crippen LogP contribution in [0.15, 0.2) is 0 Å². The molecule has 0 aromatic carbocycles. The molecule has 0 aromatic rings. The molecule has 0 heterocycles. The number of amides is 7. The van der Waals surface area contributed by atoms with Crippen LogP contribution in [0.3, 0.4) is 0 Å². The molecule has 11 N–H and O–H groups in total. The first-order valence-electron chi connectivity index (χ1n) is 13.5. The topological polar surface area (TPSA) is 306 Å². The summed E-state index contributed by atoms with van der Waals surface area (Å²) in [5.74, 6) is -1.16. The molecule has 7 amide bonds. The van der Waals surface area contributed by atoms with E-state index in [1.807, 2.05) is 0 Å². The lowest BCUT2D eigenvalue weighted by Crippen LogP contribution is -2.43. The molecule has 0 radical (unpaired) electrons. The summed E-state index contributed by atoms with van der Waals surface area (Å²) in [4.78, 5) is 82.7. The van der Waals surface area contributed by atoms with Gasteiger partial charge in [-0.25, -0.2) is 9.59 Å². The van der Waals surface area contributed by atoms with E-state index in [1.54, 1.807) is 41.5 Å². The molecular formula is C26H54N8O12. The van der Waals surface area contributed by atoms with Crippen LogP contribution in [0.25, 0.3) is 0 Å². The van der Waals surface area contributed by atoms with E-state index in [4.69, 9.17) is 25.4 Å². The summed E-state index contributed by atoms with van der Waals surface area (Å²) in [6.07, 6.45) is -0.624. The predicted octanol–water partition coefficient (Wildman–Crippen LogP) is -2.39. The van der Waals surface area contributed by atoms with E-state index in [0.717, 1.165) is 0 Å². The second-order valence-corrected chi connectivity index (χ2v) is 10.1. The van der Waals surface area contributed by atoms with Crippen molar-refractivity contribution in [2.75, 3.05) is 39.9 Å². The first-order chi connectivity index (χ1) is 21.0. The van der Waals surface area contributed by atoms with E-state index >= 15 is 0 Å². The molecule has 0 unspecified atom stereocenters. The molecule has 0 aliphatic rings. The number of nitrogens with two attached hydrogens (primary N) is 1. The molecule has 0 saturated carbocycles. The Morgan fingerprint density at radius 1 is 0.609 bits per heavy atom. The van der Waals surface area contributed by atoms with Gasteiger partial charge in [0.1, 0.15) is 37.5 Å². The van der Waals surface area contributed by atoms with Crippen LogP contribution >= 0.6 is 0 Å². The molecule has 0 aromatic heterocycles. The number of rotatable bonds is 9. The Hall–Kier alpha value is -4.56. The number of aliphatic hydroxyl groups is 2. The smallest absolute Gasteiger partial charge is 0.408 e. The van der Waals surface area contributed by atoms with Crippen molar-refractivity contribution in [3.8, 4) is 0 Å². The van der Waals surface area contributed by atoms with Gasteiger partial charge in [0.2, 0.25) is 29.5 Å². The van der Waals surface area contributed by atoms with Gasteiger partial charge in [0.05, 0.1) is 19.9 Å². The monoisotopic (exact) mass is 670 g/mol. The zero-order chi connectivity index (χ0) is 37.4. The molecule has 0 rings (SSSR count). The van der Waals surface area contributed by atoms with E-state index in [1.165, 1.54) is 27.7 Å². The Balaban J connectivity index is -0.000000166. The largest absolute Gasteiger partial charge is 0.444 e. The van der Waals surface area contributed by atoms with Gasteiger partial charge in [-0.05, 0) is 41.5 Å². The number of nitrogens with one attached hydrogen (secondary N) is 7. The van der Waals surface area contributed by atoms with E-state index in [-0.39, 0.29) is 63.5 Å². The van der Waals surface area contributed by atoms with Crippen LogP contribution in [0.2, 0.25) is 0 Å². The number of carbonyl (C=O) groups excluding carboxylic acids is 8. The molecule has 46 heavy (non-hydrogen) atoms. The Morgan fingerprint density at radius 3 is 1.22 bits per heavy atom. The lowest BCUT2D eigenvalue weighted by atomic mass is 10.2. The Morgan fingerprint density at radius 2 is 0.978 bits per heavy atom. The van der Waals surface area contributed by atoms with Crippen molar-refractivity contribution in [3.05, 3.63) is 0 Å². The quantitative estimate of drug-likeness (QED) is 0.0906. The van der Waals surface area contributed by atoms with Gasteiger partial charge >= 0.3 is 12.2 Å². The zero-order valence-electron chi connectivity index (χ0n) is 28.4. The van der Waals surface area contributed by atoms with Gasteiger partial charge in [-0.3, -0.25) is 24.0 Å². The Labute approximate surface area is 269 Å². The van der Waals surface area contributed by atoms with Crippen LogP contribution in [0.1, 0.15) is 69.2 Å². The van der Waals surface area contributed by atoms with Gasteiger partial charge in [-0.2, -0.15) is 0 Å². The van der Waals surface area contributed by atoms with Crippen LogP contribution < -0.4 is 43.0 Å². The SMILES string of the molecule is CC(=O)NCN.CC(=O)NCNC(=O)CNC(=O)OC(C)(C)C.CC(=O)NCO.CC(=O)NCO.CC(C)(C)OC(=O)NCC=O. The molecule has 0 aliphatic heterocycles. The van der Waals surface area contributed by atoms with Crippen LogP contribution in [0.4, 0.5) is 9.59 Å². The highest BCUT2D eigenvalue weighted by Gasteiger charge is 2.16. The summed E-state index contributed by atoms with van der Waals surface area (Å²) >= 11 is 0. The van der Waals surface area contributed by atoms with Gasteiger partial charge in [0.25, 0.3) is 0 Å². The molecule has 20 nitrogen and oxygen atoms in total. The van der Waals surface area contributed by atoms with Crippen molar-refractivity contribution in [1.82, 2.24) is 37.2 Å². The minimum atomic E-state index is -0.660. The number of carbonyl (C=O) groups is 8. The third-order valence-electron chi connectivity index (χ3n) is 3.15. The van der Waals surface area contributed by atoms with Gasteiger partial charge < -0.3 is 67.4 Å². The number of hydrogen-bond donors (Lipinski definition) is 10. The van der Waals surface area contributed by atoms with Crippen LogP contribution in [-0.4, -0.2) is 109 Å². The highest BCUT2D eigenvalue weighted by atomic mass is 16.6. The molecule has 0 bridgehead atoms. The summed E-state index contributed by atoms with van der Waals surface area (Å²) in [5.41, 5.74) is 3.79. The summed E-state index contributed by atoms with van der Waals surface area (Å²) in [5, 5.41) is 31.7. The zero-order valence-corrected chi connectivity index (χ0v) is 28.4. The average molecular weight is 671 g/mol. The number of hydrogen-bond acceptors (Lipinski definition) is 13. The highest BCUT2D eigenvalue weighted by Crippen LogP contribution is 2.06. The number of ether oxygens (including phenoxy) is 2. The van der Waals surface area contributed by atoms with Gasteiger partial charge in [0.15, 0.2) is 0 Å². The van der Waals surface area contributed by atoms with Crippen LogP contribution in [0.5, 0.6) is 0 Å². The van der Waals surface area contributed by atoms with E-state index < -0.39 is 29.3 Å². The fraction of sp³-hybridized carbons (Fsp3) is 0.692. The Kier molecular flexibility index (Phi) is 35.3. The van der Waals surface area contributed by atoms with Crippen molar-refractivity contribution in [2.24, 2.45) is 5.73 Å². The fourth-order valence-electron chi connectivity index (χ4n) is 1.60. The molecule has 0 atom stereocenters. The maximum Gasteiger partial charge on any atom is 0.408 e. The van der Waals surface area contributed by atoms with Crippen LogP contribution in [-0.2, 0) is 38.2 Å². The van der Waals surface area contributed by atoms with Crippen molar-refractivity contribution >= 4 is 48.0 Å². The van der Waals surface area contributed by atoms with Crippen molar-refractivity contribution < 1.29 is 58.0 Å². The summed E-state index contributed by atoms with van der Waals surface area (Å²) in [6, 6.07) is 0. The Bertz CT molecular complexity index is 866. The second kappa shape index (κ2) is 31.9. The molecule has 270 valence electrons. The van der Waals surface area contributed by atoms with E-state index in [2.05, 4.69) is 37.2 Å². The van der Waals surface area contributed by atoms with E-state index in [0.29, 0.717) is 6.29 Å². The minimum Gasteiger partial charge on any atom is -0.444 e. The number of aliphatic hydroxyl groups excluding tert-OH is 2. The third-order valence-corrected chi connectivity index (χ3v) is 3.15. The van der Waals surface area contributed by atoms with Gasteiger partial charge in [0, 0.05) is 27.7 Å². The number of aldehydes is 1. The highest BCUT2D eigenvalue weighted by molar-refractivity contribution is 5.82. The lowest BCUT2D eigenvalue weighted by molar-refractivity contribution is -0.122. The first kappa shape index (κ1) is 51.0. The minimum absolute atomic E-state index is 0.00505. The second-order valence-electron chi connectivity index (χ2n) is 10.1. The average Bonchev–Trinajstić information content (AvgIpc) is 2.85. The molecule has 0 aliphatic carbocycles. The lowest BCUT2D eigenvalue weighted by Gasteiger charge is -2.19. The van der Waals surface area contributed by atoms with Crippen molar-refractivity contribution in [1.29, 1.82) is 0 Å². The standard InChI is InChI=1S/C10H19N3O4.C7H13NO3.C3H8N2O.2C3H7NO2/c1-7(14)12-6-13-8(15)5-11-9(16)17-10(2,3)4;1-7(2,3)11-6(10)8-4-5-9;1-3(6)5-2-4;2*1-3(6)4-2-5/h5-6H2,1-4H3,(H,11,16)(H,12,14)(H,13,15);5H,4H2,1-3H3,(H,8,10);2,4H2,1H3,(H,5,6);2*5H,2H2,1H3,(H,4,6). The first-order valence-corrected chi connectivity index (χ1v) is 13.5. The summed E-state index contributed by atoms with van der Waals surface area (Å²) in [7, 11) is 0. The van der Waals surface area contributed by atoms with Gasteiger partial charge in [-0.1, -0.05) is 0 Å². The number of alkyl carbamates (subject to hydrolysis) is 2. The van der Waals surface area contributed by atoms with Crippen LogP contribution in [0, 0.1) is 0 Å². The molecule has 0 fully saturated rings. The van der Waals surface area contributed by atoms with Gasteiger partial charge in [-0.15, -0.1) is 0 Å². The maximum atomic E-state index is 11.2. The summed E-state index contributed by atoms with van der Waals surface area (Å²) < 4.78 is 9.76. The fourth-order valence-corrected chi connectivity index (χ4v) is 1.60. The molecule has 0 spiro atoms. The third kappa shape index (κ3) is 67.2. The maximum absolute atomic E-state index is 11.2. The predicted molar refractivity (Wildman–Crippen MR) is 166 cm³/mol. The molecular weight excluding hydrogens is 616 g/mol. The molecule has 20 heteroatoms. The van der Waals surface area contributed by atoms with E-state index in [9.17, 15) is 38.4 Å². The molecule has 0 saturated heterocycles. The normalized spacial score (nSPS) is 9.33.